The number of halogens is 3. The number of anilines is 1. The average Bonchev–Trinajstić information content (AvgIpc) is 3.62. The van der Waals surface area contributed by atoms with E-state index in [2.05, 4.69) is 21.6 Å². The predicted molar refractivity (Wildman–Crippen MR) is 128 cm³/mol. The molecule has 1 atom stereocenters. The maximum atomic E-state index is 13.6. The molecule has 5 rings (SSSR count). The summed E-state index contributed by atoms with van der Waals surface area (Å²) in [6, 6.07) is 8.53. The second-order valence-corrected chi connectivity index (χ2v) is 11.1. The third kappa shape index (κ3) is 4.82. The van der Waals surface area contributed by atoms with Crippen molar-refractivity contribution in [2.45, 2.75) is 35.8 Å². The van der Waals surface area contributed by atoms with E-state index in [1.165, 1.54) is 17.0 Å². The van der Waals surface area contributed by atoms with E-state index in [9.17, 15) is 26.9 Å². The number of alkyl halides is 3. The molecule has 1 saturated heterocycles. The molecule has 0 radical (unpaired) electrons. The maximum Gasteiger partial charge on any atom is 0.401 e. The Bertz CT molecular complexity index is 1500. The molecule has 0 bridgehead atoms. The van der Waals surface area contributed by atoms with Crippen LogP contribution in [0.15, 0.2) is 48.1 Å². The summed E-state index contributed by atoms with van der Waals surface area (Å²) >= 11 is 0. The Morgan fingerprint density at radius 3 is 2.73 bits per heavy atom. The third-order valence-corrected chi connectivity index (χ3v) is 8.75. The fourth-order valence-corrected chi connectivity index (χ4v) is 6.73. The number of nitrogens with zero attached hydrogens (tertiary/aromatic N) is 7. The van der Waals surface area contributed by atoms with Crippen LogP contribution in [0.25, 0.3) is 11.8 Å². The molecule has 2 aromatic heterocycles. The van der Waals surface area contributed by atoms with Gasteiger partial charge >= 0.3 is 6.18 Å². The average molecular weight is 530 g/mol. The highest BCUT2D eigenvalue weighted by Gasteiger charge is 2.39. The molecular formula is C24H22F3N7O2S. The predicted octanol–water partition coefficient (Wildman–Crippen LogP) is 3.11. The van der Waals surface area contributed by atoms with Crippen LogP contribution in [-0.2, 0) is 22.9 Å². The van der Waals surface area contributed by atoms with Crippen molar-refractivity contribution >= 4 is 21.7 Å². The SMILES string of the molecule is C=Cc1cc(-n2cccn2)ccc1S(=O)(=O)[C@H]1CCN(c2nc(C#N)nc3c2CN(CC(F)(F)F)C3)C1. The van der Waals surface area contributed by atoms with Gasteiger partial charge < -0.3 is 4.90 Å². The molecule has 2 aliphatic heterocycles. The van der Waals surface area contributed by atoms with Crippen LogP contribution in [-0.4, -0.2) is 64.1 Å². The van der Waals surface area contributed by atoms with Crippen LogP contribution in [0.4, 0.5) is 19.0 Å². The van der Waals surface area contributed by atoms with Crippen molar-refractivity contribution in [1.82, 2.24) is 24.6 Å². The lowest BCUT2D eigenvalue weighted by Crippen LogP contribution is -2.30. The third-order valence-electron chi connectivity index (χ3n) is 6.50. The van der Waals surface area contributed by atoms with Crippen LogP contribution < -0.4 is 4.90 Å². The van der Waals surface area contributed by atoms with Crippen molar-refractivity contribution in [1.29, 1.82) is 5.26 Å². The number of rotatable bonds is 6. The molecule has 0 aliphatic carbocycles. The number of hydrogen-bond donors (Lipinski definition) is 0. The Kier molecular flexibility index (Phi) is 6.25. The zero-order chi connectivity index (χ0) is 26.4. The monoisotopic (exact) mass is 529 g/mol. The van der Waals surface area contributed by atoms with E-state index in [4.69, 9.17) is 0 Å². The van der Waals surface area contributed by atoms with Crippen LogP contribution in [0, 0.1) is 11.3 Å². The van der Waals surface area contributed by atoms with E-state index in [0.717, 1.165) is 0 Å². The molecule has 1 aromatic carbocycles. The van der Waals surface area contributed by atoms with Gasteiger partial charge in [0.15, 0.2) is 9.84 Å². The van der Waals surface area contributed by atoms with Gasteiger partial charge in [-0.3, -0.25) is 4.90 Å². The fraction of sp³-hybridized carbons (Fsp3) is 0.333. The summed E-state index contributed by atoms with van der Waals surface area (Å²) in [6.45, 7) is 2.99. The van der Waals surface area contributed by atoms with Crippen molar-refractivity contribution in [3.63, 3.8) is 0 Å². The first-order valence-electron chi connectivity index (χ1n) is 11.4. The molecule has 0 amide bonds. The summed E-state index contributed by atoms with van der Waals surface area (Å²) in [5, 5.41) is 12.8. The van der Waals surface area contributed by atoms with Crippen LogP contribution in [0.1, 0.15) is 29.1 Å². The Morgan fingerprint density at radius 2 is 2.05 bits per heavy atom. The van der Waals surface area contributed by atoms with Crippen molar-refractivity contribution in [3.05, 3.63) is 65.9 Å². The molecule has 0 saturated carbocycles. The number of sulfone groups is 1. The zero-order valence-corrected chi connectivity index (χ0v) is 20.4. The molecule has 1 fully saturated rings. The summed E-state index contributed by atoms with van der Waals surface area (Å²) < 4.78 is 67.8. The fourth-order valence-electron chi connectivity index (χ4n) is 4.85. The summed E-state index contributed by atoms with van der Waals surface area (Å²) in [5.74, 6) is 0.166. The van der Waals surface area contributed by atoms with Gasteiger partial charge in [-0.2, -0.15) is 23.5 Å². The minimum atomic E-state index is -4.38. The normalized spacial score (nSPS) is 18.1. The van der Waals surface area contributed by atoms with Gasteiger partial charge in [0.2, 0.25) is 5.82 Å². The topological polar surface area (TPSA) is 108 Å². The smallest absolute Gasteiger partial charge is 0.355 e. The largest absolute Gasteiger partial charge is 0.401 e. The number of benzene rings is 1. The van der Waals surface area contributed by atoms with Gasteiger partial charge in [0.05, 0.1) is 28.1 Å². The Hall–Kier alpha value is -3.76. The van der Waals surface area contributed by atoms with Crippen molar-refractivity contribution in [2.75, 3.05) is 24.5 Å². The highest BCUT2D eigenvalue weighted by Crippen LogP contribution is 2.35. The summed E-state index contributed by atoms with van der Waals surface area (Å²) in [4.78, 5) is 11.4. The summed E-state index contributed by atoms with van der Waals surface area (Å²) in [6.07, 6.45) is 0.771. The van der Waals surface area contributed by atoms with E-state index in [1.54, 1.807) is 40.2 Å². The van der Waals surface area contributed by atoms with Crippen LogP contribution in [0.3, 0.4) is 0 Å². The first-order valence-corrected chi connectivity index (χ1v) is 13.0. The summed E-state index contributed by atoms with van der Waals surface area (Å²) in [7, 11) is -3.78. The Morgan fingerprint density at radius 1 is 1.24 bits per heavy atom. The lowest BCUT2D eigenvalue weighted by Gasteiger charge is -2.21. The molecule has 192 valence electrons. The maximum absolute atomic E-state index is 13.6. The second kappa shape index (κ2) is 9.28. The minimum Gasteiger partial charge on any atom is -0.355 e. The van der Waals surface area contributed by atoms with Gasteiger partial charge in [-0.05, 0) is 36.2 Å². The van der Waals surface area contributed by atoms with Crippen LogP contribution in [0.5, 0.6) is 0 Å². The Balaban J connectivity index is 1.42. The molecule has 13 heteroatoms. The van der Waals surface area contributed by atoms with E-state index < -0.39 is 27.8 Å². The minimum absolute atomic E-state index is 0.0285. The number of fused-ring (bicyclic) bond motifs is 1. The van der Waals surface area contributed by atoms with Crippen molar-refractivity contribution in [2.24, 2.45) is 0 Å². The lowest BCUT2D eigenvalue weighted by atomic mass is 10.2. The van der Waals surface area contributed by atoms with E-state index >= 15 is 0 Å². The number of nitriles is 1. The second-order valence-electron chi connectivity index (χ2n) is 8.95. The first kappa shape index (κ1) is 24.9. The first-order chi connectivity index (χ1) is 17.6. The summed E-state index contributed by atoms with van der Waals surface area (Å²) in [5.41, 5.74) is 2.00. The number of hydrogen-bond acceptors (Lipinski definition) is 8. The molecule has 4 heterocycles. The van der Waals surface area contributed by atoms with Crippen LogP contribution >= 0.6 is 0 Å². The van der Waals surface area contributed by atoms with Gasteiger partial charge in [0, 0.05) is 44.1 Å². The van der Waals surface area contributed by atoms with E-state index in [-0.39, 0.29) is 30.4 Å². The standard InChI is InChI=1S/C24H22F3N7O2S/c1-2-16-10-17(34-8-3-7-29-34)4-5-21(16)37(35,36)18-6-9-33(12-18)23-19-13-32(15-24(25,26)27)14-20(19)30-22(11-28)31-23/h2-5,7-8,10,18H,1,6,9,12-15H2/t18-/m0/s1. The van der Waals surface area contributed by atoms with Gasteiger partial charge in [0.25, 0.3) is 0 Å². The van der Waals surface area contributed by atoms with E-state index in [1.807, 2.05) is 6.07 Å². The van der Waals surface area contributed by atoms with Crippen molar-refractivity contribution < 1.29 is 21.6 Å². The highest BCUT2D eigenvalue weighted by molar-refractivity contribution is 7.92. The van der Waals surface area contributed by atoms with Gasteiger partial charge in [-0.25, -0.2) is 23.1 Å². The molecule has 2 aliphatic rings. The number of aromatic nitrogens is 4. The molecule has 0 spiro atoms. The van der Waals surface area contributed by atoms with Gasteiger partial charge in [0.1, 0.15) is 11.9 Å². The molecule has 3 aromatic rings. The zero-order valence-electron chi connectivity index (χ0n) is 19.6. The molecule has 37 heavy (non-hydrogen) atoms. The Labute approximate surface area is 211 Å². The van der Waals surface area contributed by atoms with Gasteiger partial charge in [-0.1, -0.05) is 12.7 Å². The van der Waals surface area contributed by atoms with Crippen LogP contribution in [0.2, 0.25) is 0 Å². The molecule has 0 unspecified atom stereocenters. The highest BCUT2D eigenvalue weighted by atomic mass is 32.2. The quantitative estimate of drug-likeness (QED) is 0.480. The van der Waals surface area contributed by atoms with Crippen molar-refractivity contribution in [3.8, 4) is 11.8 Å². The molecular weight excluding hydrogens is 507 g/mol. The molecule has 9 nitrogen and oxygen atoms in total. The van der Waals surface area contributed by atoms with Gasteiger partial charge in [-0.15, -0.1) is 0 Å². The lowest BCUT2D eigenvalue weighted by molar-refractivity contribution is -0.147. The van der Waals surface area contributed by atoms with E-state index in [0.29, 0.717) is 41.3 Å². The molecule has 0 N–H and O–H groups in total.